The highest BCUT2D eigenvalue weighted by atomic mass is 16.6. The number of nitrogens with zero attached hydrogens (tertiary/aromatic N) is 3. The molecule has 130 valence electrons. The highest BCUT2D eigenvalue weighted by molar-refractivity contribution is 5.95. The van der Waals surface area contributed by atoms with E-state index in [0.29, 0.717) is 26.2 Å². The van der Waals surface area contributed by atoms with Crippen LogP contribution in [0.1, 0.15) is 26.3 Å². The van der Waals surface area contributed by atoms with Gasteiger partial charge in [0.1, 0.15) is 5.60 Å². The zero-order valence-corrected chi connectivity index (χ0v) is 14.8. The van der Waals surface area contributed by atoms with Crippen molar-refractivity contribution < 1.29 is 14.3 Å². The number of rotatable bonds is 1. The third-order valence-corrected chi connectivity index (χ3v) is 4.32. The van der Waals surface area contributed by atoms with E-state index in [-0.39, 0.29) is 18.2 Å². The topological polar surface area (TPSA) is 53.1 Å². The molecule has 0 spiro atoms. The SMILES string of the molecule is Cc1cccc(N2CC3CN(C(=O)OC(C)(C)C)CCN3C2=O)c1. The summed E-state index contributed by atoms with van der Waals surface area (Å²) in [5.74, 6) is 0. The molecule has 6 heteroatoms. The van der Waals surface area contributed by atoms with E-state index in [1.54, 1.807) is 9.80 Å². The molecule has 2 aliphatic rings. The fourth-order valence-corrected chi connectivity index (χ4v) is 3.21. The van der Waals surface area contributed by atoms with Crippen molar-refractivity contribution in [3.8, 4) is 0 Å². The minimum absolute atomic E-state index is 0.0132. The summed E-state index contributed by atoms with van der Waals surface area (Å²) >= 11 is 0. The van der Waals surface area contributed by atoms with Crippen LogP contribution in [-0.2, 0) is 4.74 Å². The van der Waals surface area contributed by atoms with Gasteiger partial charge in [-0.25, -0.2) is 9.59 Å². The molecule has 2 aliphatic heterocycles. The Bertz CT molecular complexity index is 653. The standard InChI is InChI=1S/C18H25N3O3/c1-13-6-5-7-14(10-13)21-12-15-11-19(8-9-20(15)16(21)22)17(23)24-18(2,3)4/h5-7,10,15H,8-9,11-12H2,1-4H3. The number of piperazine rings is 1. The molecule has 3 amide bonds. The van der Waals surface area contributed by atoms with Crippen molar-refractivity contribution >= 4 is 17.8 Å². The molecule has 1 atom stereocenters. The molecule has 0 saturated carbocycles. The van der Waals surface area contributed by atoms with E-state index < -0.39 is 5.60 Å². The molecule has 0 radical (unpaired) electrons. The number of benzene rings is 1. The number of hydrogen-bond acceptors (Lipinski definition) is 3. The summed E-state index contributed by atoms with van der Waals surface area (Å²) in [4.78, 5) is 30.3. The first kappa shape index (κ1) is 16.6. The maximum Gasteiger partial charge on any atom is 0.410 e. The third kappa shape index (κ3) is 3.32. The number of amides is 3. The summed E-state index contributed by atoms with van der Waals surface area (Å²) in [5, 5.41) is 0. The van der Waals surface area contributed by atoms with Crippen molar-refractivity contribution in [1.82, 2.24) is 9.80 Å². The van der Waals surface area contributed by atoms with Crippen LogP contribution in [0.25, 0.3) is 0 Å². The van der Waals surface area contributed by atoms with Gasteiger partial charge in [0, 0.05) is 31.9 Å². The molecule has 2 saturated heterocycles. The van der Waals surface area contributed by atoms with Gasteiger partial charge >= 0.3 is 12.1 Å². The van der Waals surface area contributed by atoms with Gasteiger partial charge < -0.3 is 14.5 Å². The van der Waals surface area contributed by atoms with Gasteiger partial charge in [-0.05, 0) is 45.4 Å². The molecule has 0 bridgehead atoms. The molecule has 0 aromatic heterocycles. The van der Waals surface area contributed by atoms with Crippen molar-refractivity contribution in [2.45, 2.75) is 39.3 Å². The highest BCUT2D eigenvalue weighted by Crippen LogP contribution is 2.27. The van der Waals surface area contributed by atoms with Gasteiger partial charge in [-0.3, -0.25) is 4.90 Å². The summed E-state index contributed by atoms with van der Waals surface area (Å²) in [6, 6.07) is 7.98. The Morgan fingerprint density at radius 1 is 1.21 bits per heavy atom. The quantitative estimate of drug-likeness (QED) is 0.795. The lowest BCUT2D eigenvalue weighted by Gasteiger charge is -2.36. The summed E-state index contributed by atoms with van der Waals surface area (Å²) < 4.78 is 5.45. The number of anilines is 1. The van der Waals surface area contributed by atoms with E-state index >= 15 is 0 Å². The van der Waals surface area contributed by atoms with Gasteiger partial charge in [0.15, 0.2) is 0 Å². The van der Waals surface area contributed by atoms with E-state index in [4.69, 9.17) is 4.74 Å². The largest absolute Gasteiger partial charge is 0.444 e. The van der Waals surface area contributed by atoms with Crippen molar-refractivity contribution in [2.24, 2.45) is 0 Å². The molecule has 1 unspecified atom stereocenters. The minimum Gasteiger partial charge on any atom is -0.444 e. The average Bonchev–Trinajstić information content (AvgIpc) is 2.82. The molecule has 3 rings (SSSR count). The predicted molar refractivity (Wildman–Crippen MR) is 92.2 cm³/mol. The second-order valence-corrected chi connectivity index (χ2v) is 7.51. The zero-order chi connectivity index (χ0) is 17.5. The monoisotopic (exact) mass is 331 g/mol. The first-order chi connectivity index (χ1) is 11.2. The maximum absolute atomic E-state index is 12.7. The van der Waals surface area contributed by atoms with Crippen LogP contribution in [-0.4, -0.2) is 59.7 Å². The summed E-state index contributed by atoms with van der Waals surface area (Å²) in [6.45, 7) is 9.77. The number of hydrogen-bond donors (Lipinski definition) is 0. The Labute approximate surface area is 143 Å². The van der Waals surface area contributed by atoms with E-state index in [1.165, 1.54) is 0 Å². The van der Waals surface area contributed by atoms with Gasteiger partial charge in [-0.1, -0.05) is 12.1 Å². The van der Waals surface area contributed by atoms with Gasteiger partial charge in [0.05, 0.1) is 6.04 Å². The van der Waals surface area contributed by atoms with Crippen molar-refractivity contribution in [1.29, 1.82) is 0 Å². The molecule has 6 nitrogen and oxygen atoms in total. The van der Waals surface area contributed by atoms with Crippen LogP contribution < -0.4 is 4.90 Å². The lowest BCUT2D eigenvalue weighted by molar-refractivity contribution is 0.0128. The van der Waals surface area contributed by atoms with Crippen LogP contribution in [0.5, 0.6) is 0 Å². The average molecular weight is 331 g/mol. The smallest absolute Gasteiger partial charge is 0.410 e. The molecular weight excluding hydrogens is 306 g/mol. The summed E-state index contributed by atoms with van der Waals surface area (Å²) in [5.41, 5.74) is 1.53. The number of urea groups is 1. The predicted octanol–water partition coefficient (Wildman–Crippen LogP) is 2.86. The Morgan fingerprint density at radius 2 is 1.96 bits per heavy atom. The molecule has 0 aliphatic carbocycles. The van der Waals surface area contributed by atoms with E-state index in [9.17, 15) is 9.59 Å². The second-order valence-electron chi connectivity index (χ2n) is 7.51. The molecular formula is C18H25N3O3. The number of carbonyl (C=O) groups excluding carboxylic acids is 2. The molecule has 0 N–H and O–H groups in total. The number of ether oxygens (including phenoxy) is 1. The zero-order valence-electron chi connectivity index (χ0n) is 14.8. The van der Waals surface area contributed by atoms with Crippen LogP contribution in [0.4, 0.5) is 15.3 Å². The third-order valence-electron chi connectivity index (χ3n) is 4.32. The Kier molecular flexibility index (Phi) is 4.15. The van der Waals surface area contributed by atoms with Gasteiger partial charge in [-0.2, -0.15) is 0 Å². The lowest BCUT2D eigenvalue weighted by atomic mass is 10.2. The number of carbonyl (C=O) groups is 2. The fourth-order valence-electron chi connectivity index (χ4n) is 3.21. The maximum atomic E-state index is 12.7. The second kappa shape index (κ2) is 6.00. The van der Waals surface area contributed by atoms with Crippen molar-refractivity contribution in [2.75, 3.05) is 31.1 Å². The van der Waals surface area contributed by atoms with Crippen LogP contribution in [0.2, 0.25) is 0 Å². The van der Waals surface area contributed by atoms with E-state index in [2.05, 4.69) is 0 Å². The minimum atomic E-state index is -0.507. The Hall–Kier alpha value is -2.24. The molecule has 2 fully saturated rings. The van der Waals surface area contributed by atoms with Gasteiger partial charge in [-0.15, -0.1) is 0 Å². The molecule has 1 aromatic carbocycles. The Morgan fingerprint density at radius 3 is 2.62 bits per heavy atom. The fraction of sp³-hybridized carbons (Fsp3) is 0.556. The van der Waals surface area contributed by atoms with Crippen LogP contribution in [0.3, 0.4) is 0 Å². The highest BCUT2D eigenvalue weighted by Gasteiger charge is 2.42. The summed E-state index contributed by atoms with van der Waals surface area (Å²) in [6.07, 6.45) is -0.302. The van der Waals surface area contributed by atoms with Gasteiger partial charge in [0.25, 0.3) is 0 Å². The summed E-state index contributed by atoms with van der Waals surface area (Å²) in [7, 11) is 0. The Balaban J connectivity index is 1.70. The number of fused-ring (bicyclic) bond motifs is 1. The van der Waals surface area contributed by atoms with Crippen LogP contribution in [0, 0.1) is 6.92 Å². The molecule has 2 heterocycles. The number of aryl methyl sites for hydroxylation is 1. The first-order valence-corrected chi connectivity index (χ1v) is 8.37. The van der Waals surface area contributed by atoms with Crippen molar-refractivity contribution in [3.05, 3.63) is 29.8 Å². The van der Waals surface area contributed by atoms with Crippen molar-refractivity contribution in [3.63, 3.8) is 0 Å². The van der Waals surface area contributed by atoms with E-state index in [0.717, 1.165) is 11.3 Å². The molecule has 24 heavy (non-hydrogen) atoms. The first-order valence-electron chi connectivity index (χ1n) is 8.37. The lowest BCUT2D eigenvalue weighted by Crippen LogP contribution is -2.54. The normalized spacial score (nSPS) is 21.1. The van der Waals surface area contributed by atoms with Crippen LogP contribution in [0.15, 0.2) is 24.3 Å². The molecule has 1 aromatic rings. The van der Waals surface area contributed by atoms with Crippen LogP contribution >= 0.6 is 0 Å². The van der Waals surface area contributed by atoms with Gasteiger partial charge in [0.2, 0.25) is 0 Å². The van der Waals surface area contributed by atoms with E-state index in [1.807, 2.05) is 56.9 Å².